The molecule has 1 unspecified atom stereocenters. The van der Waals surface area contributed by atoms with Gasteiger partial charge < -0.3 is 5.73 Å². The lowest BCUT2D eigenvalue weighted by molar-refractivity contribution is 0.131. The van der Waals surface area contributed by atoms with Crippen molar-refractivity contribution in [3.8, 4) is 0 Å². The SMILES string of the molecule is CCCC1CCN(C(CN)c2cnn(CCC)c2)CC1. The quantitative estimate of drug-likeness (QED) is 0.834. The molecule has 114 valence electrons. The van der Waals surface area contributed by atoms with E-state index in [1.165, 1.54) is 44.3 Å². The van der Waals surface area contributed by atoms with Gasteiger partial charge in [-0.2, -0.15) is 5.10 Å². The summed E-state index contributed by atoms with van der Waals surface area (Å²) in [5.41, 5.74) is 7.32. The van der Waals surface area contributed by atoms with Crippen molar-refractivity contribution >= 4 is 0 Å². The Hall–Kier alpha value is -0.870. The van der Waals surface area contributed by atoms with Gasteiger partial charge in [0, 0.05) is 24.8 Å². The van der Waals surface area contributed by atoms with Crippen LogP contribution in [-0.2, 0) is 6.54 Å². The molecule has 0 aliphatic carbocycles. The van der Waals surface area contributed by atoms with E-state index in [1.807, 2.05) is 10.9 Å². The van der Waals surface area contributed by atoms with E-state index in [1.54, 1.807) is 0 Å². The highest BCUT2D eigenvalue weighted by Crippen LogP contribution is 2.28. The van der Waals surface area contributed by atoms with Crippen molar-refractivity contribution in [3.63, 3.8) is 0 Å². The minimum absolute atomic E-state index is 0.350. The number of piperidine rings is 1. The Kier molecular flexibility index (Phi) is 6.05. The van der Waals surface area contributed by atoms with Crippen LogP contribution in [0.2, 0.25) is 0 Å². The number of aromatic nitrogens is 2. The van der Waals surface area contributed by atoms with E-state index in [2.05, 4.69) is 30.0 Å². The van der Waals surface area contributed by atoms with Crippen LogP contribution >= 0.6 is 0 Å². The van der Waals surface area contributed by atoms with Gasteiger partial charge in [-0.1, -0.05) is 26.7 Å². The van der Waals surface area contributed by atoms with Crippen LogP contribution in [0, 0.1) is 5.92 Å². The van der Waals surface area contributed by atoms with Crippen LogP contribution in [0.3, 0.4) is 0 Å². The van der Waals surface area contributed by atoms with Crippen molar-refractivity contribution < 1.29 is 0 Å². The molecule has 1 aromatic heterocycles. The van der Waals surface area contributed by atoms with E-state index >= 15 is 0 Å². The second-order valence-corrected chi connectivity index (χ2v) is 6.06. The molecule has 4 nitrogen and oxygen atoms in total. The zero-order valence-electron chi connectivity index (χ0n) is 13.1. The zero-order valence-corrected chi connectivity index (χ0v) is 13.1. The highest BCUT2D eigenvalue weighted by Gasteiger charge is 2.25. The molecule has 0 bridgehead atoms. The average Bonchev–Trinajstić information content (AvgIpc) is 2.91. The fraction of sp³-hybridized carbons (Fsp3) is 0.812. The number of nitrogens with two attached hydrogens (primary N) is 1. The Morgan fingerprint density at radius 2 is 2.05 bits per heavy atom. The first kappa shape index (κ1) is 15.5. The lowest BCUT2D eigenvalue weighted by Gasteiger charge is -2.36. The van der Waals surface area contributed by atoms with Crippen molar-refractivity contribution in [2.24, 2.45) is 11.7 Å². The summed E-state index contributed by atoms with van der Waals surface area (Å²) < 4.78 is 2.04. The molecule has 0 spiro atoms. The molecule has 1 saturated heterocycles. The molecule has 1 fully saturated rings. The lowest BCUT2D eigenvalue weighted by atomic mass is 9.91. The van der Waals surface area contributed by atoms with Crippen molar-refractivity contribution in [2.75, 3.05) is 19.6 Å². The Morgan fingerprint density at radius 1 is 1.30 bits per heavy atom. The minimum Gasteiger partial charge on any atom is -0.329 e. The van der Waals surface area contributed by atoms with Gasteiger partial charge in [-0.25, -0.2) is 0 Å². The van der Waals surface area contributed by atoms with Crippen molar-refractivity contribution in [3.05, 3.63) is 18.0 Å². The number of rotatable bonds is 7. The summed E-state index contributed by atoms with van der Waals surface area (Å²) >= 11 is 0. The van der Waals surface area contributed by atoms with E-state index in [9.17, 15) is 0 Å². The largest absolute Gasteiger partial charge is 0.329 e. The Bertz CT molecular complexity index is 380. The number of aryl methyl sites for hydroxylation is 1. The molecule has 2 N–H and O–H groups in total. The monoisotopic (exact) mass is 278 g/mol. The van der Waals surface area contributed by atoms with Crippen LogP contribution in [0.1, 0.15) is 57.6 Å². The maximum Gasteiger partial charge on any atom is 0.0538 e. The Morgan fingerprint density at radius 3 is 2.65 bits per heavy atom. The van der Waals surface area contributed by atoms with Crippen molar-refractivity contribution in [1.29, 1.82) is 0 Å². The van der Waals surface area contributed by atoms with Crippen LogP contribution in [0.4, 0.5) is 0 Å². The molecule has 1 aliphatic rings. The van der Waals surface area contributed by atoms with Crippen LogP contribution in [-0.4, -0.2) is 34.3 Å². The average molecular weight is 278 g/mol. The molecular weight excluding hydrogens is 248 g/mol. The van der Waals surface area contributed by atoms with Gasteiger partial charge in [-0.3, -0.25) is 9.58 Å². The molecule has 2 rings (SSSR count). The number of likely N-dealkylation sites (tertiary alicyclic amines) is 1. The lowest BCUT2D eigenvalue weighted by Crippen LogP contribution is -2.39. The highest BCUT2D eigenvalue weighted by atomic mass is 15.3. The molecular formula is C16H30N4. The molecule has 4 heteroatoms. The van der Waals surface area contributed by atoms with Gasteiger partial charge in [0.15, 0.2) is 0 Å². The van der Waals surface area contributed by atoms with Crippen LogP contribution in [0.5, 0.6) is 0 Å². The molecule has 0 aromatic carbocycles. The van der Waals surface area contributed by atoms with Crippen LogP contribution in [0.15, 0.2) is 12.4 Å². The maximum atomic E-state index is 6.03. The van der Waals surface area contributed by atoms with Crippen LogP contribution in [0.25, 0.3) is 0 Å². The standard InChI is InChI=1S/C16H30N4/c1-3-5-14-6-9-19(10-7-14)16(11-17)15-12-18-20(13-15)8-4-2/h12-14,16H,3-11,17H2,1-2H3. The molecule has 0 saturated carbocycles. The fourth-order valence-corrected chi connectivity index (χ4v) is 3.36. The van der Waals surface area contributed by atoms with Crippen molar-refractivity contribution in [2.45, 2.75) is 58.5 Å². The van der Waals surface area contributed by atoms with Crippen LogP contribution < -0.4 is 5.73 Å². The molecule has 1 aromatic rings. The normalized spacial score (nSPS) is 19.4. The first-order chi connectivity index (χ1) is 9.78. The Balaban J connectivity index is 1.94. The maximum absolute atomic E-state index is 6.03. The zero-order chi connectivity index (χ0) is 14.4. The van der Waals surface area contributed by atoms with Gasteiger partial charge in [0.05, 0.1) is 12.2 Å². The molecule has 1 aliphatic heterocycles. The van der Waals surface area contributed by atoms with E-state index < -0.39 is 0 Å². The van der Waals surface area contributed by atoms with E-state index in [0.717, 1.165) is 18.9 Å². The second-order valence-electron chi connectivity index (χ2n) is 6.06. The van der Waals surface area contributed by atoms with Gasteiger partial charge >= 0.3 is 0 Å². The summed E-state index contributed by atoms with van der Waals surface area (Å²) in [6.45, 7) is 8.53. The summed E-state index contributed by atoms with van der Waals surface area (Å²) in [5, 5.41) is 4.45. The van der Waals surface area contributed by atoms with Gasteiger partial charge in [0.25, 0.3) is 0 Å². The molecule has 0 amide bonds. The highest BCUT2D eigenvalue weighted by molar-refractivity contribution is 5.11. The Labute approximate surface area is 123 Å². The van der Waals surface area contributed by atoms with Gasteiger partial charge in [0.2, 0.25) is 0 Å². The summed E-state index contributed by atoms with van der Waals surface area (Å²) in [5.74, 6) is 0.928. The van der Waals surface area contributed by atoms with Gasteiger partial charge in [0.1, 0.15) is 0 Å². The summed E-state index contributed by atoms with van der Waals surface area (Å²) in [6.07, 6.45) is 10.7. The first-order valence-corrected chi connectivity index (χ1v) is 8.24. The first-order valence-electron chi connectivity index (χ1n) is 8.24. The minimum atomic E-state index is 0.350. The van der Waals surface area contributed by atoms with E-state index in [0.29, 0.717) is 12.6 Å². The second kappa shape index (κ2) is 7.79. The smallest absolute Gasteiger partial charge is 0.0538 e. The van der Waals surface area contributed by atoms with Gasteiger partial charge in [-0.15, -0.1) is 0 Å². The predicted octanol–water partition coefficient (Wildman–Crippen LogP) is 2.81. The third kappa shape index (κ3) is 3.83. The molecule has 1 atom stereocenters. The molecule has 20 heavy (non-hydrogen) atoms. The summed E-state index contributed by atoms with van der Waals surface area (Å²) in [4.78, 5) is 2.56. The summed E-state index contributed by atoms with van der Waals surface area (Å²) in [7, 11) is 0. The van der Waals surface area contributed by atoms with E-state index in [4.69, 9.17) is 5.73 Å². The molecule has 0 radical (unpaired) electrons. The number of nitrogens with zero attached hydrogens (tertiary/aromatic N) is 3. The third-order valence-electron chi connectivity index (χ3n) is 4.50. The number of hydrogen-bond donors (Lipinski definition) is 1. The summed E-state index contributed by atoms with van der Waals surface area (Å²) in [6, 6.07) is 0.350. The fourth-order valence-electron chi connectivity index (χ4n) is 3.36. The molecule has 2 heterocycles. The number of hydrogen-bond acceptors (Lipinski definition) is 3. The van der Waals surface area contributed by atoms with Crippen molar-refractivity contribution in [1.82, 2.24) is 14.7 Å². The topological polar surface area (TPSA) is 47.1 Å². The third-order valence-corrected chi connectivity index (χ3v) is 4.50. The van der Waals surface area contributed by atoms with E-state index in [-0.39, 0.29) is 0 Å². The predicted molar refractivity (Wildman–Crippen MR) is 83.5 cm³/mol. The van der Waals surface area contributed by atoms with Gasteiger partial charge in [-0.05, 0) is 38.3 Å².